The summed E-state index contributed by atoms with van der Waals surface area (Å²) in [5, 5.41) is 10.6. The first-order chi connectivity index (χ1) is 18.3. The molecule has 0 saturated carbocycles. The molecule has 0 radical (unpaired) electrons. The fourth-order valence-electron chi connectivity index (χ4n) is 5.54. The third kappa shape index (κ3) is 5.60. The number of likely N-dealkylation sites (tertiary alicyclic amines) is 1. The van der Waals surface area contributed by atoms with Crippen LogP contribution in [-0.4, -0.2) is 69.9 Å². The molecule has 3 aromatic rings. The number of anilines is 2. The van der Waals surface area contributed by atoms with Crippen LogP contribution in [0.25, 0.3) is 11.0 Å². The monoisotopic (exact) mass is 519 g/mol. The maximum Gasteiger partial charge on any atom is 0.326 e. The highest BCUT2D eigenvalue weighted by molar-refractivity contribution is 6.11. The minimum atomic E-state index is -0.610. The molecular formula is C28H37N7O3. The number of nitrogens with zero attached hydrogens (tertiary/aromatic N) is 5. The number of carbonyl (C=O) groups is 2. The van der Waals surface area contributed by atoms with Gasteiger partial charge in [-0.25, -0.2) is 9.78 Å². The van der Waals surface area contributed by atoms with E-state index in [-0.39, 0.29) is 12.1 Å². The van der Waals surface area contributed by atoms with Gasteiger partial charge in [0.2, 0.25) is 0 Å². The van der Waals surface area contributed by atoms with E-state index in [0.717, 1.165) is 55.7 Å². The van der Waals surface area contributed by atoms with Crippen LogP contribution in [0.5, 0.6) is 5.75 Å². The van der Waals surface area contributed by atoms with Crippen molar-refractivity contribution in [2.24, 2.45) is 7.05 Å². The van der Waals surface area contributed by atoms with E-state index in [0.29, 0.717) is 22.8 Å². The van der Waals surface area contributed by atoms with Crippen LogP contribution in [0.4, 0.5) is 16.3 Å². The van der Waals surface area contributed by atoms with Gasteiger partial charge in [0.05, 0.1) is 17.4 Å². The summed E-state index contributed by atoms with van der Waals surface area (Å²) in [5.74, 6) is 0.766. The first-order valence-electron chi connectivity index (χ1n) is 13.5. The standard InChI is InChI=1S/C28H37N7O3/c1-18(2)38-22-11-7-9-20(15-22)29-28(37)31-27(36)24-16-23-19(3)32-33(4)25(23)30-26(24)35-14-8-10-21(35)17-34-12-5-6-13-34/h7,9,11,15-16,18,21H,5-6,8,10,12-14,17H2,1-4H3,(H2,29,31,36,37). The highest BCUT2D eigenvalue weighted by atomic mass is 16.5. The topological polar surface area (TPSA) is 105 Å². The largest absolute Gasteiger partial charge is 0.491 e. The van der Waals surface area contributed by atoms with Crippen LogP contribution in [0, 0.1) is 6.92 Å². The van der Waals surface area contributed by atoms with Crippen LogP contribution in [-0.2, 0) is 7.05 Å². The summed E-state index contributed by atoms with van der Waals surface area (Å²) in [5.41, 5.74) is 2.44. The molecule has 2 N–H and O–H groups in total. The van der Waals surface area contributed by atoms with Crippen molar-refractivity contribution in [2.45, 2.75) is 58.6 Å². The first kappa shape index (κ1) is 26.0. The molecular weight excluding hydrogens is 482 g/mol. The van der Waals surface area contributed by atoms with Gasteiger partial charge in [-0.15, -0.1) is 0 Å². The number of aryl methyl sites for hydroxylation is 2. The van der Waals surface area contributed by atoms with Crippen LogP contribution in [0.1, 0.15) is 55.6 Å². The Morgan fingerprint density at radius 1 is 1.13 bits per heavy atom. The molecule has 10 heteroatoms. The number of fused-ring (bicyclic) bond motifs is 1. The predicted molar refractivity (Wildman–Crippen MR) is 148 cm³/mol. The van der Waals surface area contributed by atoms with E-state index in [1.54, 1.807) is 22.9 Å². The smallest absolute Gasteiger partial charge is 0.326 e. The number of nitrogens with one attached hydrogen (secondary N) is 2. The fourth-order valence-corrected chi connectivity index (χ4v) is 5.54. The average molecular weight is 520 g/mol. The maximum atomic E-state index is 13.5. The van der Waals surface area contributed by atoms with Crippen LogP contribution < -0.4 is 20.3 Å². The van der Waals surface area contributed by atoms with Crippen molar-refractivity contribution in [2.75, 3.05) is 36.4 Å². The SMILES string of the molecule is Cc1nn(C)c2nc(N3CCCC3CN3CCCC3)c(C(=O)NC(=O)Nc3cccc(OC(C)C)c3)cc12. The molecule has 3 amide bonds. The van der Waals surface area contributed by atoms with Crippen molar-refractivity contribution in [3.63, 3.8) is 0 Å². The van der Waals surface area contributed by atoms with Gasteiger partial charge in [-0.05, 0) is 77.7 Å². The van der Waals surface area contributed by atoms with Crippen molar-refractivity contribution in [3.8, 4) is 5.75 Å². The minimum absolute atomic E-state index is 0.0114. The number of imide groups is 1. The van der Waals surface area contributed by atoms with Crippen molar-refractivity contribution < 1.29 is 14.3 Å². The molecule has 2 saturated heterocycles. The number of hydrogen-bond acceptors (Lipinski definition) is 7. The van der Waals surface area contributed by atoms with Crippen LogP contribution >= 0.6 is 0 Å². The van der Waals surface area contributed by atoms with Gasteiger partial charge in [-0.2, -0.15) is 5.10 Å². The van der Waals surface area contributed by atoms with Gasteiger partial charge in [0, 0.05) is 43.3 Å². The summed E-state index contributed by atoms with van der Waals surface area (Å²) in [6.45, 7) is 9.80. The highest BCUT2D eigenvalue weighted by Gasteiger charge is 2.32. The molecule has 2 aliphatic rings. The lowest BCUT2D eigenvalue weighted by atomic mass is 10.1. The summed E-state index contributed by atoms with van der Waals surface area (Å²) >= 11 is 0. The number of carbonyl (C=O) groups excluding carboxylic acids is 2. The summed E-state index contributed by atoms with van der Waals surface area (Å²) in [6.07, 6.45) is 4.58. The van der Waals surface area contributed by atoms with Gasteiger partial charge in [0.25, 0.3) is 5.91 Å². The molecule has 5 rings (SSSR count). The molecule has 1 atom stereocenters. The highest BCUT2D eigenvalue weighted by Crippen LogP contribution is 2.31. The third-order valence-electron chi connectivity index (χ3n) is 7.23. The molecule has 0 bridgehead atoms. The Morgan fingerprint density at radius 3 is 2.68 bits per heavy atom. The predicted octanol–water partition coefficient (Wildman–Crippen LogP) is 4.09. The summed E-state index contributed by atoms with van der Waals surface area (Å²) in [7, 11) is 1.86. The normalized spacial score (nSPS) is 17.9. The van der Waals surface area contributed by atoms with E-state index in [2.05, 4.69) is 25.5 Å². The number of amides is 3. The molecule has 2 fully saturated rings. The second-order valence-corrected chi connectivity index (χ2v) is 10.5. The lowest BCUT2D eigenvalue weighted by Crippen LogP contribution is -2.41. The Labute approximate surface area is 223 Å². The minimum Gasteiger partial charge on any atom is -0.491 e. The molecule has 0 spiro atoms. The lowest BCUT2D eigenvalue weighted by molar-refractivity contribution is 0.0967. The van der Waals surface area contributed by atoms with Crippen LogP contribution in [0.2, 0.25) is 0 Å². The number of ether oxygens (including phenoxy) is 1. The van der Waals surface area contributed by atoms with Gasteiger partial charge in [-0.3, -0.25) is 14.8 Å². The van der Waals surface area contributed by atoms with Crippen molar-refractivity contribution in [1.29, 1.82) is 0 Å². The Morgan fingerprint density at radius 2 is 1.92 bits per heavy atom. The van der Waals surface area contributed by atoms with E-state index in [9.17, 15) is 9.59 Å². The van der Waals surface area contributed by atoms with E-state index < -0.39 is 11.9 Å². The Hall–Kier alpha value is -3.66. The quantitative estimate of drug-likeness (QED) is 0.484. The number of benzene rings is 1. The fraction of sp³-hybridized carbons (Fsp3) is 0.500. The van der Waals surface area contributed by atoms with Crippen LogP contribution in [0.15, 0.2) is 30.3 Å². The Kier molecular flexibility index (Phi) is 7.51. The molecule has 10 nitrogen and oxygen atoms in total. The first-order valence-corrected chi connectivity index (χ1v) is 13.5. The van der Waals surface area contributed by atoms with Gasteiger partial charge >= 0.3 is 6.03 Å². The lowest BCUT2D eigenvalue weighted by Gasteiger charge is -2.30. The number of rotatable bonds is 7. The molecule has 2 aliphatic heterocycles. The zero-order chi connectivity index (χ0) is 26.8. The Bertz CT molecular complexity index is 1330. The van der Waals surface area contributed by atoms with Crippen molar-refractivity contribution >= 4 is 34.5 Å². The van der Waals surface area contributed by atoms with Gasteiger partial charge in [0.1, 0.15) is 11.6 Å². The van der Waals surface area contributed by atoms with E-state index >= 15 is 0 Å². The third-order valence-corrected chi connectivity index (χ3v) is 7.23. The second-order valence-electron chi connectivity index (χ2n) is 10.5. The van der Waals surface area contributed by atoms with Crippen molar-refractivity contribution in [3.05, 3.63) is 41.6 Å². The maximum absolute atomic E-state index is 13.5. The van der Waals surface area contributed by atoms with E-state index in [1.165, 1.54) is 12.8 Å². The molecule has 1 unspecified atom stereocenters. The number of urea groups is 1. The van der Waals surface area contributed by atoms with E-state index in [4.69, 9.17) is 9.72 Å². The zero-order valence-corrected chi connectivity index (χ0v) is 22.7. The Balaban J connectivity index is 1.40. The molecule has 4 heterocycles. The number of aromatic nitrogens is 3. The second kappa shape index (κ2) is 11.0. The summed E-state index contributed by atoms with van der Waals surface area (Å²) in [4.78, 5) is 36.1. The molecule has 38 heavy (non-hydrogen) atoms. The summed E-state index contributed by atoms with van der Waals surface area (Å²) < 4.78 is 7.46. The molecule has 0 aliphatic carbocycles. The van der Waals surface area contributed by atoms with Crippen molar-refractivity contribution in [1.82, 2.24) is 25.0 Å². The van der Waals surface area contributed by atoms with Gasteiger partial charge < -0.3 is 19.9 Å². The van der Waals surface area contributed by atoms with E-state index in [1.807, 2.05) is 40.0 Å². The average Bonchev–Trinajstić information content (AvgIpc) is 3.60. The number of hydrogen-bond donors (Lipinski definition) is 2. The van der Waals surface area contributed by atoms with Gasteiger partial charge in [-0.1, -0.05) is 6.07 Å². The molecule has 202 valence electrons. The number of pyridine rings is 1. The molecule has 2 aromatic heterocycles. The van der Waals surface area contributed by atoms with Crippen LogP contribution in [0.3, 0.4) is 0 Å². The summed E-state index contributed by atoms with van der Waals surface area (Å²) in [6, 6.07) is 8.59. The molecule has 1 aromatic carbocycles. The van der Waals surface area contributed by atoms with Gasteiger partial charge in [0.15, 0.2) is 5.65 Å². The zero-order valence-electron chi connectivity index (χ0n) is 22.7.